The fourth-order valence-electron chi connectivity index (χ4n) is 1.97. The maximum atomic E-state index is 11.0. The number of carbonyl (C=O) groups is 1. The molecule has 2 N–H and O–H groups in total. The molecule has 0 aliphatic carbocycles. The van der Waals surface area contributed by atoms with Crippen LogP contribution in [0.2, 0.25) is 0 Å². The van der Waals surface area contributed by atoms with Gasteiger partial charge < -0.3 is 10.4 Å². The summed E-state index contributed by atoms with van der Waals surface area (Å²) in [5.41, 5.74) is 1.74. The number of anilines is 2. The van der Waals surface area contributed by atoms with Crippen LogP contribution in [0.15, 0.2) is 36.5 Å². The van der Waals surface area contributed by atoms with Gasteiger partial charge >= 0.3 is 5.97 Å². The van der Waals surface area contributed by atoms with E-state index in [0.717, 1.165) is 16.6 Å². The van der Waals surface area contributed by atoms with Crippen LogP contribution in [-0.4, -0.2) is 21.0 Å². The average Bonchev–Trinajstić information content (AvgIpc) is 2.80. The number of aryl methyl sites for hydroxylation is 1. The largest absolute Gasteiger partial charge is 0.476 e. The Morgan fingerprint density at radius 1 is 1.30 bits per heavy atom. The van der Waals surface area contributed by atoms with E-state index >= 15 is 0 Å². The summed E-state index contributed by atoms with van der Waals surface area (Å²) in [6.07, 6.45) is 1.73. The van der Waals surface area contributed by atoms with Crippen LogP contribution < -0.4 is 5.32 Å². The normalized spacial score (nSPS) is 10.7. The van der Waals surface area contributed by atoms with Crippen LogP contribution in [0, 0.1) is 6.92 Å². The summed E-state index contributed by atoms with van der Waals surface area (Å²) < 4.78 is 0. The molecule has 0 saturated carbocycles. The average molecular weight is 285 g/mol. The molecule has 2 heterocycles. The Hall–Kier alpha value is -2.47. The minimum Gasteiger partial charge on any atom is -0.476 e. The molecule has 6 heteroatoms. The van der Waals surface area contributed by atoms with Gasteiger partial charge in [0.15, 0.2) is 10.8 Å². The number of carboxylic acids is 1. The predicted molar refractivity (Wildman–Crippen MR) is 78.8 cm³/mol. The molecule has 3 rings (SSSR count). The van der Waals surface area contributed by atoms with E-state index in [1.54, 1.807) is 13.1 Å². The zero-order valence-corrected chi connectivity index (χ0v) is 11.4. The molecule has 0 radical (unpaired) electrons. The molecule has 0 fully saturated rings. The first-order valence-corrected chi connectivity index (χ1v) is 6.78. The lowest BCUT2D eigenvalue weighted by molar-refractivity contribution is 0.0690. The second-order valence-electron chi connectivity index (χ2n) is 4.23. The molecule has 0 atom stereocenters. The fourth-order valence-corrected chi connectivity index (χ4v) is 2.79. The lowest BCUT2D eigenvalue weighted by Crippen LogP contribution is -1.99. The Labute approximate surface area is 118 Å². The molecule has 0 amide bonds. The molecule has 5 nitrogen and oxygen atoms in total. The minimum atomic E-state index is -1.01. The topological polar surface area (TPSA) is 75.1 Å². The highest BCUT2D eigenvalue weighted by atomic mass is 32.1. The molecule has 0 spiro atoms. The number of para-hydroxylation sites is 1. The molecule has 2 aromatic heterocycles. The third-order valence-electron chi connectivity index (χ3n) is 2.87. The number of rotatable bonds is 3. The van der Waals surface area contributed by atoms with Crippen LogP contribution in [0.3, 0.4) is 0 Å². The standard InChI is InChI=1S/C14H11N3O2S/c1-8-11(13(18)19)17-14(20-8)16-10-6-2-4-9-5-3-7-15-12(9)10/h2-7H,1H3,(H,16,17)(H,18,19). The van der Waals surface area contributed by atoms with Gasteiger partial charge in [-0.05, 0) is 19.1 Å². The van der Waals surface area contributed by atoms with Gasteiger partial charge in [-0.3, -0.25) is 4.98 Å². The van der Waals surface area contributed by atoms with Crippen molar-refractivity contribution in [3.8, 4) is 0 Å². The number of hydrogen-bond donors (Lipinski definition) is 2. The van der Waals surface area contributed by atoms with Crippen molar-refractivity contribution in [2.45, 2.75) is 6.92 Å². The van der Waals surface area contributed by atoms with Gasteiger partial charge in [0.1, 0.15) is 0 Å². The highest BCUT2D eigenvalue weighted by molar-refractivity contribution is 7.15. The predicted octanol–water partition coefficient (Wildman–Crippen LogP) is 3.44. The summed E-state index contributed by atoms with van der Waals surface area (Å²) in [6, 6.07) is 9.65. The van der Waals surface area contributed by atoms with Crippen molar-refractivity contribution in [2.24, 2.45) is 0 Å². The first kappa shape index (κ1) is 12.6. The van der Waals surface area contributed by atoms with Crippen LogP contribution in [0.5, 0.6) is 0 Å². The number of hydrogen-bond acceptors (Lipinski definition) is 5. The summed E-state index contributed by atoms with van der Waals surface area (Å²) in [4.78, 5) is 20.1. The van der Waals surface area contributed by atoms with Crippen molar-refractivity contribution in [3.05, 3.63) is 47.1 Å². The quantitative estimate of drug-likeness (QED) is 0.771. The Kier molecular flexibility index (Phi) is 3.08. The second-order valence-corrected chi connectivity index (χ2v) is 5.44. The number of carboxylic acid groups (broad SMARTS) is 1. The molecule has 20 heavy (non-hydrogen) atoms. The number of aromatic carboxylic acids is 1. The van der Waals surface area contributed by atoms with E-state index in [1.165, 1.54) is 11.3 Å². The number of pyridine rings is 1. The number of aromatic nitrogens is 2. The van der Waals surface area contributed by atoms with Crippen LogP contribution >= 0.6 is 11.3 Å². The van der Waals surface area contributed by atoms with Crippen molar-refractivity contribution in [1.82, 2.24) is 9.97 Å². The summed E-state index contributed by atoms with van der Waals surface area (Å²) in [5.74, 6) is -1.01. The fraction of sp³-hybridized carbons (Fsp3) is 0.0714. The van der Waals surface area contributed by atoms with Crippen LogP contribution in [0.1, 0.15) is 15.4 Å². The van der Waals surface area contributed by atoms with Gasteiger partial charge in [-0.15, -0.1) is 11.3 Å². The molecule has 3 aromatic rings. The van der Waals surface area contributed by atoms with Crippen molar-refractivity contribution in [1.29, 1.82) is 0 Å². The van der Waals surface area contributed by atoms with Gasteiger partial charge in [-0.2, -0.15) is 0 Å². The summed E-state index contributed by atoms with van der Waals surface area (Å²) >= 11 is 1.32. The third kappa shape index (κ3) is 2.21. The van der Waals surface area contributed by atoms with Crippen LogP contribution in [0.4, 0.5) is 10.8 Å². The van der Waals surface area contributed by atoms with Crippen LogP contribution in [0.25, 0.3) is 10.9 Å². The summed E-state index contributed by atoms with van der Waals surface area (Å²) in [6.45, 7) is 1.74. The number of thiazole rings is 1. The van der Waals surface area contributed by atoms with Gasteiger partial charge in [0.2, 0.25) is 0 Å². The van der Waals surface area contributed by atoms with E-state index in [1.807, 2.05) is 30.3 Å². The third-order valence-corrected chi connectivity index (χ3v) is 3.76. The lowest BCUT2D eigenvalue weighted by atomic mass is 10.2. The molecule has 1 aromatic carbocycles. The SMILES string of the molecule is Cc1sc(Nc2cccc3cccnc23)nc1C(=O)O. The molecular weight excluding hydrogens is 274 g/mol. The Bertz CT molecular complexity index is 793. The smallest absolute Gasteiger partial charge is 0.355 e. The summed E-state index contributed by atoms with van der Waals surface area (Å²) in [7, 11) is 0. The zero-order chi connectivity index (χ0) is 14.1. The van der Waals surface area contributed by atoms with Gasteiger partial charge in [0, 0.05) is 16.5 Å². The minimum absolute atomic E-state index is 0.0886. The van der Waals surface area contributed by atoms with Gasteiger partial charge in [-0.1, -0.05) is 18.2 Å². The lowest BCUT2D eigenvalue weighted by Gasteiger charge is -2.05. The van der Waals surface area contributed by atoms with E-state index in [0.29, 0.717) is 10.0 Å². The molecule has 0 saturated heterocycles. The van der Waals surface area contributed by atoms with Gasteiger partial charge in [0.25, 0.3) is 0 Å². The molecule has 0 unspecified atom stereocenters. The van der Waals surface area contributed by atoms with Crippen molar-refractivity contribution in [2.75, 3.05) is 5.32 Å². The maximum absolute atomic E-state index is 11.0. The molecule has 100 valence electrons. The second kappa shape index (κ2) is 4.90. The van der Waals surface area contributed by atoms with Crippen molar-refractivity contribution < 1.29 is 9.90 Å². The van der Waals surface area contributed by atoms with Crippen molar-refractivity contribution in [3.63, 3.8) is 0 Å². The highest BCUT2D eigenvalue weighted by Crippen LogP contribution is 2.28. The number of fused-ring (bicyclic) bond motifs is 1. The first-order chi connectivity index (χ1) is 9.65. The van der Waals surface area contributed by atoms with Gasteiger partial charge in [0.05, 0.1) is 11.2 Å². The van der Waals surface area contributed by atoms with E-state index in [9.17, 15) is 4.79 Å². The Morgan fingerprint density at radius 2 is 2.10 bits per heavy atom. The van der Waals surface area contributed by atoms with E-state index in [2.05, 4.69) is 15.3 Å². The van der Waals surface area contributed by atoms with E-state index in [4.69, 9.17) is 5.11 Å². The first-order valence-electron chi connectivity index (χ1n) is 5.96. The highest BCUT2D eigenvalue weighted by Gasteiger charge is 2.14. The molecule has 0 aliphatic rings. The number of nitrogens with one attached hydrogen (secondary N) is 1. The molecular formula is C14H11N3O2S. The van der Waals surface area contributed by atoms with E-state index in [-0.39, 0.29) is 5.69 Å². The Balaban J connectivity index is 2.01. The number of benzene rings is 1. The molecule has 0 aliphatic heterocycles. The monoisotopic (exact) mass is 285 g/mol. The van der Waals surface area contributed by atoms with Crippen molar-refractivity contribution >= 4 is 39.0 Å². The zero-order valence-electron chi connectivity index (χ0n) is 10.6. The number of nitrogens with zero attached hydrogens (tertiary/aromatic N) is 2. The van der Waals surface area contributed by atoms with Gasteiger partial charge in [-0.25, -0.2) is 9.78 Å². The van der Waals surface area contributed by atoms with Crippen LogP contribution in [-0.2, 0) is 0 Å². The Morgan fingerprint density at radius 3 is 2.85 bits per heavy atom. The maximum Gasteiger partial charge on any atom is 0.355 e. The summed E-state index contributed by atoms with van der Waals surface area (Å²) in [5, 5.41) is 13.7. The molecule has 0 bridgehead atoms. The van der Waals surface area contributed by atoms with E-state index < -0.39 is 5.97 Å².